The summed E-state index contributed by atoms with van der Waals surface area (Å²) in [5.41, 5.74) is 7.63. The highest BCUT2D eigenvalue weighted by Gasteiger charge is 2.17. The summed E-state index contributed by atoms with van der Waals surface area (Å²) in [6.45, 7) is 0. The molecular weight excluding hydrogens is 537 g/mol. The summed E-state index contributed by atoms with van der Waals surface area (Å²) in [7, 11) is 0. The first-order valence-corrected chi connectivity index (χ1v) is 15.6. The van der Waals surface area contributed by atoms with Gasteiger partial charge in [-0.3, -0.25) is 0 Å². The van der Waals surface area contributed by atoms with Crippen molar-refractivity contribution in [1.29, 1.82) is 0 Å². The smallest absolute Gasteiger partial charge is 0.0362 e. The van der Waals surface area contributed by atoms with Gasteiger partial charge in [0.25, 0.3) is 0 Å². The first-order valence-electron chi connectivity index (χ1n) is 14.8. The standard InChI is InChI=1S/C42H26S/c1-2-11-28(12-3-1)40-33-15-6-8-17-35(33)41(36-18-9-7-16-34(36)40)29-23-21-27(22-24-29)32-19-10-20-38-42(32)37-25-30-13-4-5-14-31(30)26-39(37)43-38/h1-26H. The maximum Gasteiger partial charge on any atom is 0.0362 e. The molecule has 1 aromatic heterocycles. The van der Waals surface area contributed by atoms with Gasteiger partial charge in [-0.15, -0.1) is 11.3 Å². The third kappa shape index (κ3) is 3.82. The molecule has 0 amide bonds. The van der Waals surface area contributed by atoms with E-state index < -0.39 is 0 Å². The van der Waals surface area contributed by atoms with Crippen molar-refractivity contribution in [3.63, 3.8) is 0 Å². The van der Waals surface area contributed by atoms with Crippen LogP contribution in [0.3, 0.4) is 0 Å². The molecule has 0 nitrogen and oxygen atoms in total. The molecule has 0 saturated heterocycles. The van der Waals surface area contributed by atoms with E-state index in [9.17, 15) is 0 Å². The Morgan fingerprint density at radius 1 is 0.326 bits per heavy atom. The molecular formula is C42H26S. The van der Waals surface area contributed by atoms with Gasteiger partial charge in [-0.05, 0) is 83.9 Å². The summed E-state index contributed by atoms with van der Waals surface area (Å²) < 4.78 is 2.68. The van der Waals surface area contributed by atoms with E-state index in [0.717, 1.165) is 0 Å². The molecule has 0 radical (unpaired) electrons. The van der Waals surface area contributed by atoms with Crippen LogP contribution < -0.4 is 0 Å². The number of benzene rings is 8. The van der Waals surface area contributed by atoms with Gasteiger partial charge < -0.3 is 0 Å². The topological polar surface area (TPSA) is 0 Å². The first-order chi connectivity index (χ1) is 21.3. The minimum atomic E-state index is 1.24. The van der Waals surface area contributed by atoms with E-state index in [4.69, 9.17) is 0 Å². The molecule has 0 aliphatic carbocycles. The van der Waals surface area contributed by atoms with Crippen LogP contribution in [0.25, 0.3) is 85.9 Å². The molecule has 0 saturated carbocycles. The van der Waals surface area contributed by atoms with E-state index in [1.165, 1.54) is 85.9 Å². The lowest BCUT2D eigenvalue weighted by molar-refractivity contribution is 1.64. The average molecular weight is 563 g/mol. The van der Waals surface area contributed by atoms with Gasteiger partial charge in [-0.25, -0.2) is 0 Å². The molecule has 1 heteroatoms. The SMILES string of the molecule is c1ccc(-c2c3ccccc3c(-c3ccc(-c4cccc5sc6cc7ccccc7cc6c45)cc3)c3ccccc23)cc1. The molecule has 9 rings (SSSR count). The monoisotopic (exact) mass is 562 g/mol. The summed E-state index contributed by atoms with van der Waals surface area (Å²) in [5, 5.41) is 10.4. The molecule has 0 aliphatic heterocycles. The number of fused-ring (bicyclic) bond motifs is 6. The highest BCUT2D eigenvalue weighted by atomic mass is 32.1. The van der Waals surface area contributed by atoms with Gasteiger partial charge in [0.05, 0.1) is 0 Å². The van der Waals surface area contributed by atoms with Gasteiger partial charge in [0.15, 0.2) is 0 Å². The van der Waals surface area contributed by atoms with Gasteiger partial charge in [0.1, 0.15) is 0 Å². The molecule has 0 fully saturated rings. The van der Waals surface area contributed by atoms with Crippen molar-refractivity contribution in [2.75, 3.05) is 0 Å². The average Bonchev–Trinajstić information content (AvgIpc) is 3.44. The second-order valence-electron chi connectivity index (χ2n) is 11.3. The van der Waals surface area contributed by atoms with Crippen LogP contribution >= 0.6 is 11.3 Å². The maximum absolute atomic E-state index is 2.37. The Balaban J connectivity index is 1.25. The number of thiophene rings is 1. The minimum absolute atomic E-state index is 1.24. The Bertz CT molecular complexity index is 2420. The third-order valence-corrected chi connectivity index (χ3v) is 9.96. The molecule has 200 valence electrons. The van der Waals surface area contributed by atoms with Crippen LogP contribution in [0.1, 0.15) is 0 Å². The lowest BCUT2D eigenvalue weighted by atomic mass is 9.85. The van der Waals surface area contributed by atoms with E-state index in [1.807, 2.05) is 11.3 Å². The predicted molar refractivity (Wildman–Crippen MR) is 188 cm³/mol. The molecule has 1 heterocycles. The fourth-order valence-corrected chi connectivity index (χ4v) is 8.09. The number of rotatable bonds is 3. The zero-order valence-corrected chi connectivity index (χ0v) is 24.2. The Morgan fingerprint density at radius 3 is 1.47 bits per heavy atom. The van der Waals surface area contributed by atoms with Crippen LogP contribution in [0, 0.1) is 0 Å². The van der Waals surface area contributed by atoms with Gasteiger partial charge in [0, 0.05) is 20.2 Å². The molecule has 0 N–H and O–H groups in total. The van der Waals surface area contributed by atoms with E-state index in [1.54, 1.807) is 0 Å². The van der Waals surface area contributed by atoms with E-state index in [-0.39, 0.29) is 0 Å². The molecule has 0 aliphatic rings. The number of hydrogen-bond acceptors (Lipinski definition) is 1. The van der Waals surface area contributed by atoms with Crippen LogP contribution in [-0.2, 0) is 0 Å². The van der Waals surface area contributed by atoms with E-state index >= 15 is 0 Å². The zero-order valence-electron chi connectivity index (χ0n) is 23.4. The second kappa shape index (κ2) is 9.66. The van der Waals surface area contributed by atoms with Gasteiger partial charge >= 0.3 is 0 Å². The quantitative estimate of drug-likeness (QED) is 0.188. The lowest BCUT2D eigenvalue weighted by Crippen LogP contribution is -1.90. The molecule has 0 spiro atoms. The second-order valence-corrected chi connectivity index (χ2v) is 12.3. The van der Waals surface area contributed by atoms with Crippen molar-refractivity contribution < 1.29 is 0 Å². The Hall–Kier alpha value is -5.24. The maximum atomic E-state index is 2.37. The summed E-state index contributed by atoms with van der Waals surface area (Å²) in [5.74, 6) is 0. The number of hydrogen-bond donors (Lipinski definition) is 0. The molecule has 0 unspecified atom stereocenters. The van der Waals surface area contributed by atoms with Crippen molar-refractivity contribution in [3.8, 4) is 33.4 Å². The minimum Gasteiger partial charge on any atom is -0.135 e. The van der Waals surface area contributed by atoms with Gasteiger partial charge in [-0.2, -0.15) is 0 Å². The summed E-state index contributed by atoms with van der Waals surface area (Å²) >= 11 is 1.89. The van der Waals surface area contributed by atoms with Crippen LogP contribution in [0.15, 0.2) is 158 Å². The van der Waals surface area contributed by atoms with Crippen LogP contribution in [0.4, 0.5) is 0 Å². The lowest BCUT2D eigenvalue weighted by Gasteiger charge is -2.18. The highest BCUT2D eigenvalue weighted by molar-refractivity contribution is 7.26. The zero-order chi connectivity index (χ0) is 28.3. The van der Waals surface area contributed by atoms with Crippen molar-refractivity contribution in [2.24, 2.45) is 0 Å². The fourth-order valence-electron chi connectivity index (χ4n) is 6.92. The Labute approximate surface area is 254 Å². The Kier molecular flexibility index (Phi) is 5.47. The van der Waals surface area contributed by atoms with Crippen molar-refractivity contribution >= 4 is 63.8 Å². The molecule has 0 atom stereocenters. The summed E-state index contributed by atoms with van der Waals surface area (Å²) in [4.78, 5) is 0. The molecule has 0 bridgehead atoms. The van der Waals surface area contributed by atoms with Gasteiger partial charge in [0.2, 0.25) is 0 Å². The van der Waals surface area contributed by atoms with Crippen molar-refractivity contribution in [1.82, 2.24) is 0 Å². The summed E-state index contributed by atoms with van der Waals surface area (Å²) in [6, 6.07) is 57.9. The molecule has 8 aromatic carbocycles. The van der Waals surface area contributed by atoms with Gasteiger partial charge in [-0.1, -0.05) is 140 Å². The normalized spacial score (nSPS) is 11.7. The molecule has 43 heavy (non-hydrogen) atoms. The Morgan fingerprint density at radius 2 is 0.837 bits per heavy atom. The first kappa shape index (κ1) is 24.4. The summed E-state index contributed by atoms with van der Waals surface area (Å²) in [6.07, 6.45) is 0. The van der Waals surface area contributed by atoms with E-state index in [2.05, 4.69) is 158 Å². The fraction of sp³-hybridized carbons (Fsp3) is 0. The van der Waals surface area contributed by atoms with Crippen LogP contribution in [0.5, 0.6) is 0 Å². The third-order valence-electron chi connectivity index (χ3n) is 8.84. The predicted octanol–water partition coefficient (Wildman–Crippen LogP) is 12.5. The van der Waals surface area contributed by atoms with E-state index in [0.29, 0.717) is 0 Å². The van der Waals surface area contributed by atoms with Crippen LogP contribution in [0.2, 0.25) is 0 Å². The van der Waals surface area contributed by atoms with Crippen molar-refractivity contribution in [2.45, 2.75) is 0 Å². The van der Waals surface area contributed by atoms with Crippen LogP contribution in [-0.4, -0.2) is 0 Å². The molecule has 9 aromatic rings. The largest absolute Gasteiger partial charge is 0.135 e. The highest BCUT2D eigenvalue weighted by Crippen LogP contribution is 2.45. The van der Waals surface area contributed by atoms with Crippen molar-refractivity contribution in [3.05, 3.63) is 158 Å².